The zero-order chi connectivity index (χ0) is 42.1. The molecule has 2 aliphatic heterocycles. The molecule has 2 aromatic carbocycles. The Morgan fingerprint density at radius 2 is 1.48 bits per heavy atom. The highest BCUT2D eigenvalue weighted by atomic mass is 33.4. The van der Waals surface area contributed by atoms with E-state index in [1.807, 2.05) is 0 Å². The van der Waals surface area contributed by atoms with Crippen LogP contribution in [0, 0.1) is 5.82 Å². The van der Waals surface area contributed by atoms with E-state index >= 15 is 0 Å². The van der Waals surface area contributed by atoms with Crippen molar-refractivity contribution in [3.8, 4) is 34.3 Å². The van der Waals surface area contributed by atoms with Crippen molar-refractivity contribution in [1.29, 1.82) is 0 Å². The Morgan fingerprint density at radius 3 is 2.05 bits per heavy atom. The van der Waals surface area contributed by atoms with Crippen molar-refractivity contribution in [2.24, 2.45) is 0 Å². The smallest absolute Gasteiger partial charge is 0.270 e. The van der Waals surface area contributed by atoms with Crippen LogP contribution in [0.1, 0.15) is 24.8 Å². The van der Waals surface area contributed by atoms with Crippen LogP contribution in [-0.2, 0) is 25.9 Å². The topological polar surface area (TPSA) is 155 Å². The summed E-state index contributed by atoms with van der Waals surface area (Å²) in [6.07, 6.45) is 3.36. The maximum Gasteiger partial charge on any atom is 0.270 e. The minimum Gasteiger partial charge on any atom is -0.414 e. The number of benzene rings is 2. The van der Waals surface area contributed by atoms with Gasteiger partial charge in [0.1, 0.15) is 5.82 Å². The number of halogens is 1. The van der Waals surface area contributed by atoms with Crippen molar-refractivity contribution < 1.29 is 26.7 Å². The second-order valence-corrected chi connectivity index (χ2v) is 79.1. The molecule has 2 aromatic heterocycles. The molecular formula is C28H48FN6O5P17S. The third-order valence-corrected chi connectivity index (χ3v) is 114. The number of sulfone groups is 1. The van der Waals surface area contributed by atoms with Gasteiger partial charge in [-0.1, -0.05) is 26.2 Å². The zero-order valence-corrected chi connectivity index (χ0v) is 49.4. The molecule has 58 heavy (non-hydrogen) atoms. The number of nitrogens with one attached hydrogen (secondary N) is 1. The molecule has 4 heterocycles. The zero-order valence-electron chi connectivity index (χ0n) is 31.0. The van der Waals surface area contributed by atoms with E-state index in [4.69, 9.17) is 19.6 Å². The summed E-state index contributed by atoms with van der Waals surface area (Å²) in [7, 11) is 25.5. The van der Waals surface area contributed by atoms with Gasteiger partial charge in [0, 0.05) is 38.0 Å². The van der Waals surface area contributed by atoms with E-state index in [1.165, 1.54) is 12.3 Å². The van der Waals surface area contributed by atoms with Crippen LogP contribution >= 0.6 is 137 Å². The Bertz CT molecular complexity index is 2040. The summed E-state index contributed by atoms with van der Waals surface area (Å²) >= 11 is 0. The number of hydrogen-bond donors (Lipinski definition) is 2. The molecule has 0 aliphatic carbocycles. The summed E-state index contributed by atoms with van der Waals surface area (Å²) in [6, 6.07) is 11.5. The highest BCUT2D eigenvalue weighted by Crippen LogP contribution is 3.25. The van der Waals surface area contributed by atoms with E-state index in [0.29, 0.717) is 50.5 Å². The fourth-order valence-corrected chi connectivity index (χ4v) is 196. The molecule has 0 amide bonds. The van der Waals surface area contributed by atoms with Gasteiger partial charge in [0.15, 0.2) is 21.3 Å². The van der Waals surface area contributed by atoms with Gasteiger partial charge in [-0.2, -0.15) is 0 Å². The average Bonchev–Trinajstić information content (AvgIpc) is 3.91. The van der Waals surface area contributed by atoms with Gasteiger partial charge in [-0.25, -0.2) is 22.8 Å². The van der Waals surface area contributed by atoms with Gasteiger partial charge in [0.25, 0.3) is 11.8 Å². The summed E-state index contributed by atoms with van der Waals surface area (Å²) in [4.78, 5) is 8.99. The standard InChI is InChI=1S/C28H29FN6O5S.H19P17/c29-23-13-17(14-31-19-7-10-39-16-19)1-6-22(23)27-34-35-28(40-27)25-26(30)32-15-24(33-25)18-2-4-20(5-3-18)41(36,37)21-8-11-38-12-9-21;1-10-15(11(2)3)17(14(8)9)16(12(4)5)13(6)7/h1-6,13,15,19,21,31H,7-12,14,16H2,(H2,30,32);10H,1-9H2/t19-;/m0./s1. The maximum absolute atomic E-state index is 15.0. The molecule has 2 saturated heterocycles. The number of ether oxygens (including phenoxy) is 2. The highest BCUT2D eigenvalue weighted by Gasteiger charge is 2.37. The number of anilines is 1. The van der Waals surface area contributed by atoms with Crippen LogP contribution in [0.15, 0.2) is 58.0 Å². The number of nitrogen functional groups attached to an aromatic ring is 1. The second kappa shape index (κ2) is 25.6. The number of hydrogen-bond acceptors (Lipinski definition) is 11. The Balaban J connectivity index is 0.000000320. The predicted octanol–water partition coefficient (Wildman–Crippen LogP) is 13.0. The fraction of sp³-hybridized carbons (Fsp3) is 0.357. The molecule has 12 unspecified atom stereocenters. The van der Waals surface area contributed by atoms with Crippen molar-refractivity contribution in [1.82, 2.24) is 25.5 Å². The van der Waals surface area contributed by atoms with Crippen molar-refractivity contribution in [3.63, 3.8) is 0 Å². The first kappa shape index (κ1) is 52.5. The third kappa shape index (κ3) is 14.5. The average molecular weight is 1130 g/mol. The summed E-state index contributed by atoms with van der Waals surface area (Å²) in [5.41, 5.74) is 8.20. The molecule has 6 rings (SSSR count). The largest absolute Gasteiger partial charge is 0.414 e. The van der Waals surface area contributed by atoms with E-state index < -0.39 is 20.9 Å². The number of nitrogens with two attached hydrogens (primary N) is 1. The molecule has 3 N–H and O–H groups in total. The molecule has 2 fully saturated rings. The molecular weight excluding hydrogens is 1080 g/mol. The van der Waals surface area contributed by atoms with E-state index in [1.54, 1.807) is 36.4 Å². The first-order chi connectivity index (χ1) is 27.6. The Hall–Kier alpha value is 3.53. The minimum atomic E-state index is -3.46. The lowest BCUT2D eigenvalue weighted by atomic mass is 10.1. The van der Waals surface area contributed by atoms with Crippen molar-refractivity contribution >= 4 is 153 Å². The van der Waals surface area contributed by atoms with Gasteiger partial charge < -0.3 is 24.9 Å². The maximum atomic E-state index is 15.0. The van der Waals surface area contributed by atoms with Gasteiger partial charge in [-0.15, -0.1) is 90.6 Å². The lowest BCUT2D eigenvalue weighted by Gasteiger charge is -2.41. The molecule has 2 aliphatic rings. The van der Waals surface area contributed by atoms with Crippen molar-refractivity contribution in [2.45, 2.75) is 42.0 Å². The van der Waals surface area contributed by atoms with Gasteiger partial charge in [-0.3, -0.25) is 0 Å². The Kier molecular flexibility index (Phi) is 23.2. The Labute approximate surface area is 370 Å². The lowest BCUT2D eigenvalue weighted by Crippen LogP contribution is -2.28. The number of rotatable bonds is 15. The summed E-state index contributed by atoms with van der Waals surface area (Å²) in [5.74, 6) is -0.473. The van der Waals surface area contributed by atoms with E-state index in [-0.39, 0.29) is 88.7 Å². The minimum absolute atomic E-state index is 0.0167. The van der Waals surface area contributed by atoms with Crippen LogP contribution in [-0.4, -0.2) is 66.3 Å². The number of nitrogens with zero attached hydrogens (tertiary/aromatic N) is 4. The lowest BCUT2D eigenvalue weighted by molar-refractivity contribution is 0.0983. The predicted molar refractivity (Wildman–Crippen MR) is 292 cm³/mol. The van der Waals surface area contributed by atoms with Crippen LogP contribution in [0.5, 0.6) is 0 Å². The second-order valence-electron chi connectivity index (χ2n) is 12.5. The molecule has 0 saturated carbocycles. The van der Waals surface area contributed by atoms with Crippen LogP contribution in [0.2, 0.25) is 0 Å². The molecule has 13 atom stereocenters. The van der Waals surface area contributed by atoms with E-state index in [9.17, 15) is 12.8 Å². The van der Waals surface area contributed by atoms with Crippen LogP contribution in [0.4, 0.5) is 10.2 Å². The first-order valence-electron chi connectivity index (χ1n) is 17.1. The third-order valence-electron chi connectivity index (χ3n) is 8.59. The quantitative estimate of drug-likeness (QED) is 0.109. The van der Waals surface area contributed by atoms with Gasteiger partial charge in [-0.05, 0) is 98.0 Å². The van der Waals surface area contributed by atoms with Crippen LogP contribution in [0.25, 0.3) is 34.3 Å². The van der Waals surface area contributed by atoms with Gasteiger partial charge >= 0.3 is 0 Å². The van der Waals surface area contributed by atoms with E-state index in [0.717, 1.165) is 26.5 Å². The van der Waals surface area contributed by atoms with Crippen LogP contribution < -0.4 is 11.1 Å². The van der Waals surface area contributed by atoms with Crippen molar-refractivity contribution in [3.05, 3.63) is 60.0 Å². The van der Waals surface area contributed by atoms with Gasteiger partial charge in [0.05, 0.1) is 34.2 Å². The summed E-state index contributed by atoms with van der Waals surface area (Å²) < 4.78 is 57.4. The highest BCUT2D eigenvalue weighted by molar-refractivity contribution is 9.31. The Morgan fingerprint density at radius 1 is 0.845 bits per heavy atom. The molecule has 30 heteroatoms. The van der Waals surface area contributed by atoms with Crippen molar-refractivity contribution in [2.75, 3.05) is 32.2 Å². The summed E-state index contributed by atoms with van der Waals surface area (Å²) in [5, 5.41) is 10.9. The molecule has 11 nitrogen and oxygen atoms in total. The molecule has 0 radical (unpaired) electrons. The first-order valence-corrected chi connectivity index (χ1v) is 48.9. The molecule has 4 aromatic rings. The van der Waals surface area contributed by atoms with E-state index in [2.05, 4.69) is 106 Å². The van der Waals surface area contributed by atoms with Crippen LogP contribution in [0.3, 0.4) is 0 Å². The summed E-state index contributed by atoms with van der Waals surface area (Å²) in [6.45, 7) is 3.69. The molecule has 318 valence electrons. The monoisotopic (exact) mass is 1130 g/mol. The molecule has 0 bridgehead atoms. The fourth-order valence-electron chi connectivity index (χ4n) is 5.70. The number of aromatic nitrogens is 4. The normalized spacial score (nSPS) is 17.9. The van der Waals surface area contributed by atoms with Gasteiger partial charge in [0.2, 0.25) is 0 Å². The SMILES string of the molecule is Nc1ncc(-c2ccc(S(=O)(=O)C3CCOCC3)cc2)nc1-c1nnc(-c2ccc(CN[C@H]3CCOC3)cc2F)o1.PPP(P(P)P)P(P(P)P)P(P(P)P)P(P)P. The molecule has 0 spiro atoms.